The van der Waals surface area contributed by atoms with Crippen molar-refractivity contribution in [2.45, 2.75) is 12.8 Å². The van der Waals surface area contributed by atoms with Crippen molar-refractivity contribution in [1.82, 2.24) is 4.90 Å². The normalized spacial score (nSPS) is 19.0. The molecule has 0 spiro atoms. The largest absolute Gasteiger partial charge is 0.338 e. The summed E-state index contributed by atoms with van der Waals surface area (Å²) in [5, 5.41) is 2.13. The highest BCUT2D eigenvalue weighted by atomic mass is 79.9. The van der Waals surface area contributed by atoms with E-state index in [1.54, 1.807) is 18.2 Å². The average Bonchev–Trinajstić information content (AvgIpc) is 2.55. The number of alkyl halides is 1. The fourth-order valence-corrected chi connectivity index (χ4v) is 3.52. The zero-order valence-corrected chi connectivity index (χ0v) is 13.3. The van der Waals surface area contributed by atoms with Crippen molar-refractivity contribution in [3.8, 4) is 0 Å². The molecule has 2 nitrogen and oxygen atoms in total. The van der Waals surface area contributed by atoms with Crippen LogP contribution in [-0.2, 0) is 0 Å². The van der Waals surface area contributed by atoms with E-state index in [-0.39, 0.29) is 11.7 Å². The minimum atomic E-state index is -0.279. The fraction of sp³-hybridized carbons (Fsp3) is 0.353. The van der Waals surface area contributed by atoms with Gasteiger partial charge >= 0.3 is 0 Å². The van der Waals surface area contributed by atoms with E-state index in [0.717, 1.165) is 31.3 Å². The van der Waals surface area contributed by atoms with Gasteiger partial charge in [-0.1, -0.05) is 40.2 Å². The number of fused-ring (bicyclic) bond motifs is 1. The highest BCUT2D eigenvalue weighted by Gasteiger charge is 2.25. The molecule has 110 valence electrons. The van der Waals surface area contributed by atoms with E-state index in [2.05, 4.69) is 15.9 Å². The summed E-state index contributed by atoms with van der Waals surface area (Å²) in [6, 6.07) is 10.2. The summed E-state index contributed by atoms with van der Waals surface area (Å²) in [6.07, 6.45) is 2.18. The zero-order valence-electron chi connectivity index (χ0n) is 11.7. The quantitative estimate of drug-likeness (QED) is 0.743. The van der Waals surface area contributed by atoms with Crippen LogP contribution < -0.4 is 0 Å². The highest BCUT2D eigenvalue weighted by molar-refractivity contribution is 9.09. The van der Waals surface area contributed by atoms with Crippen LogP contribution >= 0.6 is 15.9 Å². The average molecular weight is 350 g/mol. The number of carbonyl (C=O) groups excluding carboxylic acids is 1. The SMILES string of the molecule is O=C(c1ccc(F)c2ccccc12)N1CCCC(CBr)C1. The lowest BCUT2D eigenvalue weighted by molar-refractivity contribution is 0.0688. The van der Waals surface area contributed by atoms with Gasteiger partial charge < -0.3 is 4.90 Å². The van der Waals surface area contributed by atoms with E-state index in [4.69, 9.17) is 0 Å². The van der Waals surface area contributed by atoms with Crippen LogP contribution in [0.1, 0.15) is 23.2 Å². The number of rotatable bonds is 2. The van der Waals surface area contributed by atoms with Gasteiger partial charge in [0.1, 0.15) is 5.82 Å². The van der Waals surface area contributed by atoms with Crippen molar-refractivity contribution in [2.24, 2.45) is 5.92 Å². The molecule has 1 aliphatic rings. The smallest absolute Gasteiger partial charge is 0.254 e. The Labute approximate surface area is 132 Å². The number of hydrogen-bond donors (Lipinski definition) is 0. The van der Waals surface area contributed by atoms with Crippen LogP contribution in [-0.4, -0.2) is 29.2 Å². The van der Waals surface area contributed by atoms with Gasteiger partial charge in [0.05, 0.1) is 0 Å². The summed E-state index contributed by atoms with van der Waals surface area (Å²) >= 11 is 3.51. The molecule has 0 bridgehead atoms. The molecule has 2 aromatic carbocycles. The van der Waals surface area contributed by atoms with Crippen molar-refractivity contribution < 1.29 is 9.18 Å². The molecule has 0 saturated carbocycles. The minimum Gasteiger partial charge on any atom is -0.338 e. The van der Waals surface area contributed by atoms with Gasteiger partial charge in [0.25, 0.3) is 5.91 Å². The standard InChI is InChI=1S/C17H17BrFNO/c18-10-12-4-3-9-20(11-12)17(21)15-7-8-16(19)14-6-2-1-5-13(14)15/h1-2,5-8,12H,3-4,9-11H2. The molecule has 1 aliphatic heterocycles. The third-order valence-corrected chi connectivity index (χ3v) is 5.04. The van der Waals surface area contributed by atoms with Crippen molar-refractivity contribution in [1.29, 1.82) is 0 Å². The van der Waals surface area contributed by atoms with Crippen molar-refractivity contribution in [2.75, 3.05) is 18.4 Å². The lowest BCUT2D eigenvalue weighted by atomic mass is 9.98. The van der Waals surface area contributed by atoms with Crippen molar-refractivity contribution in [3.05, 3.63) is 47.8 Å². The third-order valence-electron chi connectivity index (χ3n) is 4.13. The first-order valence-electron chi connectivity index (χ1n) is 7.23. The van der Waals surface area contributed by atoms with Crippen LogP contribution in [0.3, 0.4) is 0 Å². The van der Waals surface area contributed by atoms with Crippen LogP contribution in [0.4, 0.5) is 4.39 Å². The number of hydrogen-bond acceptors (Lipinski definition) is 1. The lowest BCUT2D eigenvalue weighted by Crippen LogP contribution is -2.40. The first kappa shape index (κ1) is 14.5. The van der Waals surface area contributed by atoms with Gasteiger partial charge in [-0.3, -0.25) is 4.79 Å². The van der Waals surface area contributed by atoms with Crippen LogP contribution in [0.5, 0.6) is 0 Å². The lowest BCUT2D eigenvalue weighted by Gasteiger charge is -2.32. The number of amides is 1. The molecular weight excluding hydrogens is 333 g/mol. The monoisotopic (exact) mass is 349 g/mol. The van der Waals surface area contributed by atoms with Gasteiger partial charge in [-0.05, 0) is 36.3 Å². The molecule has 1 atom stereocenters. The Balaban J connectivity index is 1.96. The van der Waals surface area contributed by atoms with Gasteiger partial charge in [-0.2, -0.15) is 0 Å². The molecule has 4 heteroatoms. The molecule has 1 fully saturated rings. The molecule has 0 aromatic heterocycles. The van der Waals surface area contributed by atoms with Crippen LogP contribution in [0.2, 0.25) is 0 Å². The van der Waals surface area contributed by atoms with E-state index in [1.807, 2.05) is 17.0 Å². The zero-order chi connectivity index (χ0) is 14.8. The van der Waals surface area contributed by atoms with Crippen molar-refractivity contribution in [3.63, 3.8) is 0 Å². The fourth-order valence-electron chi connectivity index (χ4n) is 2.99. The molecule has 2 aromatic rings. The van der Waals surface area contributed by atoms with Gasteiger partial charge in [0.2, 0.25) is 0 Å². The molecule has 21 heavy (non-hydrogen) atoms. The third kappa shape index (κ3) is 2.82. The van der Waals surface area contributed by atoms with Crippen LogP contribution in [0, 0.1) is 11.7 Å². The molecule has 1 amide bonds. The topological polar surface area (TPSA) is 20.3 Å². The summed E-state index contributed by atoms with van der Waals surface area (Å²) in [5.41, 5.74) is 0.599. The Bertz CT molecular complexity index is 673. The van der Waals surface area contributed by atoms with Gasteiger partial charge in [0.15, 0.2) is 0 Å². The maximum atomic E-state index is 13.9. The first-order chi connectivity index (χ1) is 10.2. The van der Waals surface area contributed by atoms with E-state index >= 15 is 0 Å². The number of piperidine rings is 1. The van der Waals surface area contributed by atoms with Gasteiger partial charge in [-0.25, -0.2) is 4.39 Å². The van der Waals surface area contributed by atoms with Crippen LogP contribution in [0.25, 0.3) is 10.8 Å². The maximum Gasteiger partial charge on any atom is 0.254 e. The minimum absolute atomic E-state index is 0.0110. The Hall–Kier alpha value is -1.42. The maximum absolute atomic E-state index is 13.9. The van der Waals surface area contributed by atoms with Gasteiger partial charge in [0, 0.05) is 29.4 Å². The van der Waals surface area contributed by atoms with E-state index in [9.17, 15) is 9.18 Å². The first-order valence-corrected chi connectivity index (χ1v) is 8.35. The van der Waals surface area contributed by atoms with E-state index in [0.29, 0.717) is 22.3 Å². The Morgan fingerprint density at radius 1 is 1.24 bits per heavy atom. The predicted molar refractivity (Wildman–Crippen MR) is 86.3 cm³/mol. The van der Waals surface area contributed by atoms with E-state index < -0.39 is 0 Å². The second kappa shape index (κ2) is 6.14. The molecule has 0 aliphatic carbocycles. The number of nitrogens with zero attached hydrogens (tertiary/aromatic N) is 1. The molecule has 0 N–H and O–H groups in total. The Morgan fingerprint density at radius 3 is 2.76 bits per heavy atom. The summed E-state index contributed by atoms with van der Waals surface area (Å²) in [7, 11) is 0. The second-order valence-electron chi connectivity index (χ2n) is 5.55. The number of halogens is 2. The summed E-state index contributed by atoms with van der Waals surface area (Å²) in [5.74, 6) is 0.241. The number of likely N-dealkylation sites (tertiary alicyclic amines) is 1. The number of carbonyl (C=O) groups is 1. The summed E-state index contributed by atoms with van der Waals surface area (Å²) in [6.45, 7) is 1.56. The molecular formula is C17H17BrFNO. The highest BCUT2D eigenvalue weighted by Crippen LogP contribution is 2.25. The molecule has 1 saturated heterocycles. The molecule has 1 unspecified atom stereocenters. The van der Waals surface area contributed by atoms with Crippen LogP contribution in [0.15, 0.2) is 36.4 Å². The molecule has 3 rings (SSSR count). The molecule has 0 radical (unpaired) electrons. The Kier molecular flexibility index (Phi) is 4.24. The van der Waals surface area contributed by atoms with Gasteiger partial charge in [-0.15, -0.1) is 0 Å². The van der Waals surface area contributed by atoms with Crippen molar-refractivity contribution >= 4 is 32.6 Å². The molecule has 1 heterocycles. The summed E-state index contributed by atoms with van der Waals surface area (Å²) < 4.78 is 13.9. The van der Waals surface area contributed by atoms with E-state index in [1.165, 1.54) is 6.07 Å². The predicted octanol–water partition coefficient (Wildman–Crippen LogP) is 4.23. The second-order valence-corrected chi connectivity index (χ2v) is 6.20. The summed E-state index contributed by atoms with van der Waals surface area (Å²) in [4.78, 5) is 14.7. The Morgan fingerprint density at radius 2 is 2.00 bits per heavy atom. The number of benzene rings is 2.